The number of nitrogens with two attached hydrogens (primary N) is 1. The number of pyridine rings is 1. The maximum atomic E-state index is 13.6. The van der Waals surface area contributed by atoms with Gasteiger partial charge in [-0.1, -0.05) is 31.7 Å². The van der Waals surface area contributed by atoms with Crippen LogP contribution in [0.25, 0.3) is 10.8 Å². The number of nitrogens with one attached hydrogen (secondary N) is 1. The Morgan fingerprint density at radius 1 is 1.06 bits per heavy atom. The lowest BCUT2D eigenvalue weighted by molar-refractivity contribution is -0.128. The molecule has 2 aromatic carbocycles. The van der Waals surface area contributed by atoms with Crippen molar-refractivity contribution < 1.29 is 23.1 Å². The van der Waals surface area contributed by atoms with Gasteiger partial charge in [0.1, 0.15) is 5.82 Å². The van der Waals surface area contributed by atoms with Crippen LogP contribution in [0.1, 0.15) is 38.3 Å². The summed E-state index contributed by atoms with van der Waals surface area (Å²) in [4.78, 5) is 29.4. The van der Waals surface area contributed by atoms with Crippen LogP contribution in [0.5, 0.6) is 0 Å². The van der Waals surface area contributed by atoms with Crippen LogP contribution < -0.4 is 11.1 Å². The van der Waals surface area contributed by atoms with Gasteiger partial charge >= 0.3 is 0 Å². The van der Waals surface area contributed by atoms with E-state index in [1.165, 1.54) is 6.07 Å². The highest BCUT2D eigenvalue weighted by Gasteiger charge is 2.21. The van der Waals surface area contributed by atoms with E-state index in [2.05, 4.69) is 10.3 Å². The number of ketones is 1. The van der Waals surface area contributed by atoms with E-state index >= 15 is 0 Å². The van der Waals surface area contributed by atoms with Gasteiger partial charge in [0.15, 0.2) is 17.4 Å². The van der Waals surface area contributed by atoms with Crippen molar-refractivity contribution in [1.29, 1.82) is 0 Å². The highest BCUT2D eigenvalue weighted by atomic mass is 19.2. The van der Waals surface area contributed by atoms with E-state index in [9.17, 15) is 18.4 Å². The molecule has 34 heavy (non-hydrogen) atoms. The van der Waals surface area contributed by atoms with Crippen molar-refractivity contribution in [2.45, 2.75) is 46.1 Å². The highest BCUT2D eigenvalue weighted by Crippen LogP contribution is 2.21. The van der Waals surface area contributed by atoms with E-state index in [1.54, 1.807) is 6.20 Å². The Balaban J connectivity index is 0.00000408. The van der Waals surface area contributed by atoms with Crippen molar-refractivity contribution >= 4 is 28.3 Å². The fourth-order valence-electron chi connectivity index (χ4n) is 3.57. The number of amides is 1. The number of ether oxygens (including phenoxy) is 1. The molecule has 1 aromatic heterocycles. The molecule has 0 unspecified atom stereocenters. The fraction of sp³-hybridized carbons (Fsp3) is 0.346. The molecular weight excluding hydrogens is 440 g/mol. The topological polar surface area (TPSA) is 94.3 Å². The molecule has 0 aliphatic heterocycles. The third kappa shape index (κ3) is 7.31. The van der Waals surface area contributed by atoms with E-state index in [4.69, 9.17) is 10.5 Å². The Kier molecular flexibility index (Phi) is 10.1. The van der Waals surface area contributed by atoms with E-state index in [-0.39, 0.29) is 45.0 Å². The minimum atomic E-state index is -0.994. The number of carbonyl (C=O) groups excluding carboxylic acids is 2. The molecule has 0 bridgehead atoms. The number of carbonyl (C=O) groups is 2. The normalized spacial score (nSPS) is 11.6. The third-order valence-electron chi connectivity index (χ3n) is 5.35. The number of anilines is 1. The second-order valence-electron chi connectivity index (χ2n) is 7.74. The zero-order valence-electron chi connectivity index (χ0n) is 18.4. The van der Waals surface area contributed by atoms with Crippen LogP contribution in [-0.4, -0.2) is 35.9 Å². The van der Waals surface area contributed by atoms with Gasteiger partial charge in [0.2, 0.25) is 5.91 Å². The zero-order chi connectivity index (χ0) is 23.8. The first kappa shape index (κ1) is 26.9. The van der Waals surface area contributed by atoms with Crippen molar-refractivity contribution in [1.82, 2.24) is 10.3 Å². The number of nitrogen functional groups attached to an aromatic ring is 1. The Morgan fingerprint density at radius 3 is 2.56 bits per heavy atom. The van der Waals surface area contributed by atoms with Crippen molar-refractivity contribution in [3.05, 3.63) is 71.4 Å². The summed E-state index contributed by atoms with van der Waals surface area (Å²) in [6, 6.07) is 10.2. The van der Waals surface area contributed by atoms with Crippen LogP contribution in [0.4, 0.5) is 14.6 Å². The summed E-state index contributed by atoms with van der Waals surface area (Å²) in [6.45, 7) is 2.55. The monoisotopic (exact) mass is 471 g/mol. The van der Waals surface area contributed by atoms with Crippen molar-refractivity contribution in [2.24, 2.45) is 0 Å². The number of halogens is 2. The maximum absolute atomic E-state index is 13.6. The zero-order valence-corrected chi connectivity index (χ0v) is 18.4. The Bertz CT molecular complexity index is 1140. The second kappa shape index (κ2) is 12.7. The summed E-state index contributed by atoms with van der Waals surface area (Å²) in [5, 5.41) is 4.49. The number of rotatable bonds is 11. The van der Waals surface area contributed by atoms with Gasteiger partial charge in [-0.2, -0.15) is 0 Å². The van der Waals surface area contributed by atoms with E-state index in [0.717, 1.165) is 28.5 Å². The molecule has 3 rings (SSSR count). The Labute approximate surface area is 198 Å². The van der Waals surface area contributed by atoms with E-state index < -0.39 is 17.7 Å². The molecule has 0 aliphatic rings. The summed E-state index contributed by atoms with van der Waals surface area (Å²) in [6.07, 6.45) is 2.43. The smallest absolute Gasteiger partial charge is 0.222 e. The molecule has 0 saturated carbocycles. The van der Waals surface area contributed by atoms with Gasteiger partial charge in [-0.05, 0) is 54.5 Å². The predicted octanol–water partition coefficient (Wildman–Crippen LogP) is 4.39. The molecule has 0 fully saturated rings. The quantitative estimate of drug-likeness (QED) is 0.405. The van der Waals surface area contributed by atoms with Crippen LogP contribution in [0.15, 0.2) is 48.7 Å². The second-order valence-corrected chi connectivity index (χ2v) is 7.74. The van der Waals surface area contributed by atoms with Crippen LogP contribution in [-0.2, 0) is 27.2 Å². The van der Waals surface area contributed by atoms with Crippen LogP contribution in [0.3, 0.4) is 0 Å². The number of hydrogen-bond donors (Lipinski definition) is 2. The highest BCUT2D eigenvalue weighted by molar-refractivity contribution is 5.92. The molecule has 0 spiro atoms. The summed E-state index contributed by atoms with van der Waals surface area (Å²) in [5.41, 5.74) is 7.25. The number of Topliss-reactive ketones (excluding diaryl/α,β-unsaturated/α-hetero) is 1. The van der Waals surface area contributed by atoms with Gasteiger partial charge in [0.05, 0.1) is 12.6 Å². The largest absolute Gasteiger partial charge is 0.383 e. The van der Waals surface area contributed by atoms with Crippen molar-refractivity contribution in [3.63, 3.8) is 0 Å². The predicted molar refractivity (Wildman–Crippen MR) is 129 cm³/mol. The average molecular weight is 472 g/mol. The molecule has 0 aliphatic carbocycles. The van der Waals surface area contributed by atoms with Crippen LogP contribution in [0.2, 0.25) is 0 Å². The fourth-order valence-corrected chi connectivity index (χ4v) is 3.57. The first-order valence-corrected chi connectivity index (χ1v) is 10.8. The first-order chi connectivity index (χ1) is 15.9. The maximum Gasteiger partial charge on any atom is 0.222 e. The molecule has 182 valence electrons. The minimum absolute atomic E-state index is 0. The lowest BCUT2D eigenvalue weighted by atomic mass is 9.96. The van der Waals surface area contributed by atoms with Crippen LogP contribution in [0, 0.1) is 11.6 Å². The van der Waals surface area contributed by atoms with Gasteiger partial charge < -0.3 is 15.8 Å². The standard InChI is InChI=1S/C25H27F2N3O3.CH4/c1-2-33-12-10-24(32)30-22(15-17-4-7-20(26)21(27)14-17)23(31)8-5-16-3-6-19-18(13-16)9-11-29-25(19)28;/h3-4,6-7,9,11,13-14,22H,2,5,8,10,12,15H2,1H3,(H2,28,29)(H,30,32);1H4/t22-;/m0./s1. The van der Waals surface area contributed by atoms with Gasteiger partial charge in [-0.25, -0.2) is 13.8 Å². The molecule has 3 aromatic rings. The number of aromatic nitrogens is 1. The number of nitrogens with zero attached hydrogens (tertiary/aromatic N) is 1. The molecule has 1 atom stereocenters. The molecule has 1 heterocycles. The number of aryl methyl sites for hydroxylation is 1. The Morgan fingerprint density at radius 2 is 1.82 bits per heavy atom. The van der Waals surface area contributed by atoms with E-state index in [1.807, 2.05) is 31.2 Å². The minimum Gasteiger partial charge on any atom is -0.383 e. The summed E-state index contributed by atoms with van der Waals surface area (Å²) >= 11 is 0. The van der Waals surface area contributed by atoms with Gasteiger partial charge in [0, 0.05) is 31.0 Å². The first-order valence-electron chi connectivity index (χ1n) is 10.8. The Hall–Kier alpha value is -3.39. The van der Waals surface area contributed by atoms with E-state index in [0.29, 0.717) is 24.4 Å². The third-order valence-corrected chi connectivity index (χ3v) is 5.35. The average Bonchev–Trinajstić information content (AvgIpc) is 2.79. The van der Waals surface area contributed by atoms with Gasteiger partial charge in [-0.15, -0.1) is 0 Å². The van der Waals surface area contributed by atoms with Crippen molar-refractivity contribution in [3.8, 4) is 0 Å². The number of benzene rings is 2. The van der Waals surface area contributed by atoms with Crippen LogP contribution >= 0.6 is 0 Å². The molecule has 0 radical (unpaired) electrons. The number of fused-ring (bicyclic) bond motifs is 1. The lowest BCUT2D eigenvalue weighted by Crippen LogP contribution is -2.42. The summed E-state index contributed by atoms with van der Waals surface area (Å²) in [5.74, 6) is -2.05. The summed E-state index contributed by atoms with van der Waals surface area (Å²) < 4.78 is 32.1. The number of hydrogen-bond acceptors (Lipinski definition) is 5. The molecule has 6 nitrogen and oxygen atoms in total. The molecular formula is C26H31F2N3O3. The molecule has 3 N–H and O–H groups in total. The lowest BCUT2D eigenvalue weighted by Gasteiger charge is -2.18. The van der Waals surface area contributed by atoms with Crippen molar-refractivity contribution in [2.75, 3.05) is 18.9 Å². The summed E-state index contributed by atoms with van der Waals surface area (Å²) in [7, 11) is 0. The van der Waals surface area contributed by atoms with Gasteiger partial charge in [0.25, 0.3) is 0 Å². The van der Waals surface area contributed by atoms with Gasteiger partial charge in [-0.3, -0.25) is 9.59 Å². The molecule has 0 saturated heterocycles. The molecule has 1 amide bonds. The SMILES string of the molecule is C.CCOCCC(=O)N[C@@H](Cc1ccc(F)c(F)c1)C(=O)CCc1ccc2c(N)nccc2c1. The molecule has 8 heteroatoms.